The predicted molar refractivity (Wildman–Crippen MR) is 64.5 cm³/mol. The fourth-order valence-corrected chi connectivity index (χ4v) is 2.79. The monoisotopic (exact) mass is 240 g/mol. The lowest BCUT2D eigenvalue weighted by Crippen LogP contribution is -2.35. The maximum absolute atomic E-state index is 12.1. The van der Waals surface area contributed by atoms with Crippen LogP contribution in [0, 0.1) is 0 Å². The Labute approximate surface area is 96.4 Å². The van der Waals surface area contributed by atoms with Gasteiger partial charge in [0, 0.05) is 19.6 Å². The van der Waals surface area contributed by atoms with E-state index >= 15 is 0 Å². The Morgan fingerprint density at radius 1 is 1.31 bits per heavy atom. The fourth-order valence-electron chi connectivity index (χ4n) is 1.34. The third-order valence-electron chi connectivity index (χ3n) is 2.09. The molecule has 0 aliphatic heterocycles. The minimum absolute atomic E-state index is 0.272. The largest absolute Gasteiger partial charge is 0.329 e. The highest BCUT2D eigenvalue weighted by Crippen LogP contribution is 2.14. The molecule has 0 bridgehead atoms. The van der Waals surface area contributed by atoms with E-state index in [4.69, 9.17) is 5.73 Å². The molecule has 0 saturated heterocycles. The molecule has 0 unspecified atom stereocenters. The van der Waals surface area contributed by atoms with Gasteiger partial charge in [-0.25, -0.2) is 8.42 Å². The Bertz CT molecular complexity index is 429. The molecule has 0 atom stereocenters. The second-order valence-corrected chi connectivity index (χ2v) is 5.19. The number of hydrogen-bond acceptors (Lipinski definition) is 3. The van der Waals surface area contributed by atoms with Gasteiger partial charge in [0.25, 0.3) is 0 Å². The van der Waals surface area contributed by atoms with Gasteiger partial charge in [-0.2, -0.15) is 4.31 Å². The molecule has 0 heterocycles. The standard InChI is InChI=1S/C11H16N2O2S/c1-2-9-13(10-8-12)16(14,15)11-6-4-3-5-7-11/h2-7H,1,8-10,12H2. The molecule has 0 aromatic heterocycles. The van der Waals surface area contributed by atoms with Gasteiger partial charge in [0.2, 0.25) is 10.0 Å². The van der Waals surface area contributed by atoms with E-state index in [9.17, 15) is 8.42 Å². The summed E-state index contributed by atoms with van der Waals surface area (Å²) in [7, 11) is -3.44. The summed E-state index contributed by atoms with van der Waals surface area (Å²) in [5.74, 6) is 0. The summed E-state index contributed by atoms with van der Waals surface area (Å²) in [5.41, 5.74) is 5.39. The molecule has 1 aromatic carbocycles. The van der Waals surface area contributed by atoms with Crippen LogP contribution in [0.4, 0.5) is 0 Å². The summed E-state index contributed by atoms with van der Waals surface area (Å²) >= 11 is 0. The number of nitrogens with zero attached hydrogens (tertiary/aromatic N) is 1. The lowest BCUT2D eigenvalue weighted by atomic mass is 10.4. The lowest BCUT2D eigenvalue weighted by Gasteiger charge is -2.19. The van der Waals surface area contributed by atoms with Crippen molar-refractivity contribution in [2.75, 3.05) is 19.6 Å². The molecule has 0 saturated carbocycles. The molecular weight excluding hydrogens is 224 g/mol. The molecule has 88 valence electrons. The first-order valence-corrected chi connectivity index (χ1v) is 6.43. The Balaban J connectivity index is 3.03. The van der Waals surface area contributed by atoms with Crippen LogP contribution in [0.1, 0.15) is 0 Å². The van der Waals surface area contributed by atoms with E-state index in [0.717, 1.165) is 0 Å². The zero-order chi connectivity index (χ0) is 12.0. The Kier molecular flexibility index (Phi) is 4.67. The SMILES string of the molecule is C=CCN(CCN)S(=O)(=O)c1ccccc1. The van der Waals surface area contributed by atoms with Crippen LogP contribution in [-0.4, -0.2) is 32.4 Å². The summed E-state index contributed by atoms with van der Waals surface area (Å²) in [5, 5.41) is 0. The minimum Gasteiger partial charge on any atom is -0.329 e. The highest BCUT2D eigenvalue weighted by atomic mass is 32.2. The number of nitrogens with two attached hydrogens (primary N) is 1. The van der Waals surface area contributed by atoms with Crippen molar-refractivity contribution in [2.45, 2.75) is 4.90 Å². The van der Waals surface area contributed by atoms with Crippen LogP contribution in [0.5, 0.6) is 0 Å². The van der Waals surface area contributed by atoms with Gasteiger partial charge in [0.05, 0.1) is 4.90 Å². The molecule has 2 N–H and O–H groups in total. The third-order valence-corrected chi connectivity index (χ3v) is 3.97. The van der Waals surface area contributed by atoms with Crippen LogP contribution in [-0.2, 0) is 10.0 Å². The molecule has 0 spiro atoms. The normalized spacial score (nSPS) is 11.6. The zero-order valence-corrected chi connectivity index (χ0v) is 9.86. The summed E-state index contributed by atoms with van der Waals surface area (Å²) in [4.78, 5) is 0.283. The first-order valence-electron chi connectivity index (χ1n) is 4.99. The highest BCUT2D eigenvalue weighted by Gasteiger charge is 2.21. The molecule has 0 amide bonds. The maximum Gasteiger partial charge on any atom is 0.243 e. The zero-order valence-electron chi connectivity index (χ0n) is 9.04. The van der Waals surface area contributed by atoms with Gasteiger partial charge in [0.15, 0.2) is 0 Å². The van der Waals surface area contributed by atoms with Crippen LogP contribution in [0.3, 0.4) is 0 Å². The predicted octanol–water partition coefficient (Wildman–Crippen LogP) is 0.822. The molecule has 0 radical (unpaired) electrons. The summed E-state index contributed by atoms with van der Waals surface area (Å²) in [6.45, 7) is 4.40. The lowest BCUT2D eigenvalue weighted by molar-refractivity contribution is 0.450. The number of benzene rings is 1. The number of rotatable bonds is 6. The van der Waals surface area contributed by atoms with Gasteiger partial charge in [-0.05, 0) is 12.1 Å². The summed E-state index contributed by atoms with van der Waals surface area (Å²) in [6, 6.07) is 8.31. The summed E-state index contributed by atoms with van der Waals surface area (Å²) < 4.78 is 25.6. The van der Waals surface area contributed by atoms with Crippen molar-refractivity contribution in [3.05, 3.63) is 43.0 Å². The Morgan fingerprint density at radius 2 is 1.94 bits per heavy atom. The van der Waals surface area contributed by atoms with E-state index in [0.29, 0.717) is 13.1 Å². The average Bonchev–Trinajstić information content (AvgIpc) is 2.30. The summed E-state index contributed by atoms with van der Waals surface area (Å²) in [6.07, 6.45) is 1.55. The molecule has 0 fully saturated rings. The van der Waals surface area contributed by atoms with Gasteiger partial charge >= 0.3 is 0 Å². The topological polar surface area (TPSA) is 63.4 Å². The van der Waals surface area contributed by atoms with E-state index in [2.05, 4.69) is 6.58 Å². The quantitative estimate of drug-likeness (QED) is 0.749. The van der Waals surface area contributed by atoms with E-state index in [1.54, 1.807) is 36.4 Å². The van der Waals surface area contributed by atoms with Crippen molar-refractivity contribution in [1.29, 1.82) is 0 Å². The second-order valence-electron chi connectivity index (χ2n) is 3.25. The van der Waals surface area contributed by atoms with Gasteiger partial charge in [-0.15, -0.1) is 6.58 Å². The Hall–Kier alpha value is -1.17. The highest BCUT2D eigenvalue weighted by molar-refractivity contribution is 7.89. The molecule has 16 heavy (non-hydrogen) atoms. The van der Waals surface area contributed by atoms with Gasteiger partial charge in [-0.3, -0.25) is 0 Å². The van der Waals surface area contributed by atoms with Crippen LogP contribution < -0.4 is 5.73 Å². The second kappa shape index (κ2) is 5.79. The van der Waals surface area contributed by atoms with Gasteiger partial charge < -0.3 is 5.73 Å². The van der Waals surface area contributed by atoms with Crippen molar-refractivity contribution in [3.8, 4) is 0 Å². The van der Waals surface area contributed by atoms with Crippen LogP contribution in [0.25, 0.3) is 0 Å². The van der Waals surface area contributed by atoms with E-state index in [-0.39, 0.29) is 11.4 Å². The van der Waals surface area contributed by atoms with Crippen LogP contribution in [0.15, 0.2) is 47.9 Å². The Morgan fingerprint density at radius 3 is 2.44 bits per heavy atom. The molecule has 1 rings (SSSR count). The van der Waals surface area contributed by atoms with Crippen molar-refractivity contribution in [1.82, 2.24) is 4.31 Å². The number of hydrogen-bond donors (Lipinski definition) is 1. The molecule has 0 aliphatic rings. The van der Waals surface area contributed by atoms with E-state index in [1.807, 2.05) is 0 Å². The molecule has 4 nitrogen and oxygen atoms in total. The van der Waals surface area contributed by atoms with Crippen LogP contribution >= 0.6 is 0 Å². The fraction of sp³-hybridized carbons (Fsp3) is 0.273. The first-order chi connectivity index (χ1) is 7.62. The van der Waals surface area contributed by atoms with Crippen molar-refractivity contribution >= 4 is 10.0 Å². The van der Waals surface area contributed by atoms with Crippen molar-refractivity contribution in [2.24, 2.45) is 5.73 Å². The maximum atomic E-state index is 12.1. The minimum atomic E-state index is -3.44. The molecular formula is C11H16N2O2S. The average molecular weight is 240 g/mol. The van der Waals surface area contributed by atoms with E-state index in [1.165, 1.54) is 4.31 Å². The number of sulfonamides is 1. The van der Waals surface area contributed by atoms with Crippen molar-refractivity contribution in [3.63, 3.8) is 0 Å². The van der Waals surface area contributed by atoms with Crippen LogP contribution in [0.2, 0.25) is 0 Å². The van der Waals surface area contributed by atoms with Crippen molar-refractivity contribution < 1.29 is 8.42 Å². The third kappa shape index (κ3) is 2.91. The molecule has 5 heteroatoms. The molecule has 0 aliphatic carbocycles. The van der Waals surface area contributed by atoms with Gasteiger partial charge in [-0.1, -0.05) is 24.3 Å². The van der Waals surface area contributed by atoms with Gasteiger partial charge in [0.1, 0.15) is 0 Å². The smallest absolute Gasteiger partial charge is 0.243 e. The molecule has 1 aromatic rings. The van der Waals surface area contributed by atoms with E-state index < -0.39 is 10.0 Å². The first kappa shape index (κ1) is 12.9.